The van der Waals surface area contributed by atoms with E-state index in [1.807, 2.05) is 0 Å². The lowest BCUT2D eigenvalue weighted by atomic mass is 9.91. The van der Waals surface area contributed by atoms with Crippen LogP contribution in [0.5, 0.6) is 0 Å². The van der Waals surface area contributed by atoms with Crippen molar-refractivity contribution in [2.24, 2.45) is 0 Å². The number of hydrogen-bond acceptors (Lipinski definition) is 2. The van der Waals surface area contributed by atoms with Crippen LogP contribution in [0, 0.1) is 0 Å². The molecule has 0 saturated carbocycles. The predicted octanol–water partition coefficient (Wildman–Crippen LogP) is 2.19. The summed E-state index contributed by atoms with van der Waals surface area (Å²) < 4.78 is 5.02. The van der Waals surface area contributed by atoms with Crippen LogP contribution in [-0.2, 0) is 6.42 Å². The SMILES string of the molecule is C=C1CCc2oncc2C1=C. The molecule has 2 heteroatoms. The van der Waals surface area contributed by atoms with Crippen molar-refractivity contribution in [2.75, 3.05) is 0 Å². The number of rotatable bonds is 0. The van der Waals surface area contributed by atoms with Crippen LogP contribution in [0.2, 0.25) is 0 Å². The maximum atomic E-state index is 5.02. The molecule has 1 heterocycles. The molecule has 11 heavy (non-hydrogen) atoms. The molecule has 1 aromatic heterocycles. The Morgan fingerprint density at radius 3 is 3.00 bits per heavy atom. The summed E-state index contributed by atoms with van der Waals surface area (Å²) in [5, 5.41) is 3.71. The van der Waals surface area contributed by atoms with Gasteiger partial charge >= 0.3 is 0 Å². The first-order valence-corrected chi connectivity index (χ1v) is 3.60. The molecule has 0 amide bonds. The summed E-state index contributed by atoms with van der Waals surface area (Å²) in [6.07, 6.45) is 3.57. The van der Waals surface area contributed by atoms with Gasteiger partial charge in [0.25, 0.3) is 0 Å². The van der Waals surface area contributed by atoms with E-state index in [0.29, 0.717) is 0 Å². The molecule has 56 valence electrons. The molecule has 2 nitrogen and oxygen atoms in total. The first kappa shape index (κ1) is 6.40. The van der Waals surface area contributed by atoms with Crippen molar-refractivity contribution in [3.63, 3.8) is 0 Å². The quantitative estimate of drug-likeness (QED) is 0.562. The Kier molecular flexibility index (Phi) is 1.22. The molecule has 0 N–H and O–H groups in total. The van der Waals surface area contributed by atoms with Gasteiger partial charge in [0.05, 0.1) is 6.20 Å². The van der Waals surface area contributed by atoms with Crippen molar-refractivity contribution in [1.29, 1.82) is 0 Å². The Hall–Kier alpha value is -1.31. The second-order valence-corrected chi connectivity index (χ2v) is 2.74. The summed E-state index contributed by atoms with van der Waals surface area (Å²) in [6, 6.07) is 0. The molecule has 1 aliphatic carbocycles. The molecule has 0 fully saturated rings. The van der Waals surface area contributed by atoms with E-state index < -0.39 is 0 Å². The third-order valence-corrected chi connectivity index (χ3v) is 2.05. The molecule has 1 aromatic rings. The maximum absolute atomic E-state index is 5.02. The lowest BCUT2D eigenvalue weighted by Crippen LogP contribution is -1.99. The number of hydrogen-bond donors (Lipinski definition) is 0. The average Bonchev–Trinajstić information content (AvgIpc) is 2.45. The topological polar surface area (TPSA) is 26.0 Å². The van der Waals surface area contributed by atoms with Crippen molar-refractivity contribution in [3.05, 3.63) is 36.3 Å². The van der Waals surface area contributed by atoms with Gasteiger partial charge in [0.2, 0.25) is 0 Å². The molecule has 0 radical (unpaired) electrons. The van der Waals surface area contributed by atoms with Crippen LogP contribution >= 0.6 is 0 Å². The molecule has 0 spiro atoms. The van der Waals surface area contributed by atoms with E-state index in [1.54, 1.807) is 6.20 Å². The Balaban J connectivity index is 2.54. The molecule has 2 rings (SSSR count). The summed E-state index contributed by atoms with van der Waals surface area (Å²) in [4.78, 5) is 0. The molecule has 0 aliphatic heterocycles. The highest BCUT2D eigenvalue weighted by Gasteiger charge is 2.18. The number of aryl methyl sites for hydroxylation is 1. The molecular formula is C9H9NO. The average molecular weight is 147 g/mol. The first-order valence-electron chi connectivity index (χ1n) is 3.60. The molecule has 0 atom stereocenters. The summed E-state index contributed by atoms with van der Waals surface area (Å²) in [5.41, 5.74) is 3.11. The molecular weight excluding hydrogens is 138 g/mol. The van der Waals surface area contributed by atoms with Gasteiger partial charge in [-0.1, -0.05) is 18.3 Å². The second kappa shape index (κ2) is 2.09. The number of fused-ring (bicyclic) bond motifs is 1. The van der Waals surface area contributed by atoms with Crippen LogP contribution in [0.15, 0.2) is 29.5 Å². The third kappa shape index (κ3) is 0.827. The van der Waals surface area contributed by atoms with Gasteiger partial charge in [-0.3, -0.25) is 0 Å². The van der Waals surface area contributed by atoms with E-state index in [2.05, 4.69) is 18.3 Å². The molecule has 0 saturated heterocycles. The van der Waals surface area contributed by atoms with Gasteiger partial charge in [0.15, 0.2) is 0 Å². The molecule has 0 aromatic carbocycles. The van der Waals surface area contributed by atoms with E-state index in [1.165, 1.54) is 0 Å². The number of nitrogens with zero attached hydrogens (tertiary/aromatic N) is 1. The van der Waals surface area contributed by atoms with E-state index in [0.717, 1.165) is 35.3 Å². The number of aromatic nitrogens is 1. The van der Waals surface area contributed by atoms with Crippen LogP contribution in [0.4, 0.5) is 0 Å². The number of allylic oxidation sites excluding steroid dienone is 2. The molecule has 0 bridgehead atoms. The van der Waals surface area contributed by atoms with Gasteiger partial charge < -0.3 is 4.52 Å². The normalized spacial score (nSPS) is 16.7. The smallest absolute Gasteiger partial charge is 0.144 e. The lowest BCUT2D eigenvalue weighted by Gasteiger charge is -2.13. The largest absolute Gasteiger partial charge is 0.361 e. The van der Waals surface area contributed by atoms with Crippen molar-refractivity contribution in [1.82, 2.24) is 5.16 Å². The van der Waals surface area contributed by atoms with Gasteiger partial charge in [0.1, 0.15) is 5.76 Å². The van der Waals surface area contributed by atoms with Gasteiger partial charge in [-0.25, -0.2) is 0 Å². The summed E-state index contributed by atoms with van der Waals surface area (Å²) in [7, 11) is 0. The molecule has 1 aliphatic rings. The van der Waals surface area contributed by atoms with Crippen LogP contribution in [-0.4, -0.2) is 5.16 Å². The van der Waals surface area contributed by atoms with Crippen LogP contribution in [0.25, 0.3) is 5.57 Å². The van der Waals surface area contributed by atoms with Crippen LogP contribution < -0.4 is 0 Å². The van der Waals surface area contributed by atoms with Crippen molar-refractivity contribution >= 4 is 5.57 Å². The predicted molar refractivity (Wildman–Crippen MR) is 43.0 cm³/mol. The van der Waals surface area contributed by atoms with Gasteiger partial charge in [-0.2, -0.15) is 0 Å². The van der Waals surface area contributed by atoms with Crippen molar-refractivity contribution in [3.8, 4) is 0 Å². The van der Waals surface area contributed by atoms with E-state index in [9.17, 15) is 0 Å². The first-order chi connectivity index (χ1) is 5.29. The zero-order valence-electron chi connectivity index (χ0n) is 6.26. The minimum Gasteiger partial charge on any atom is -0.361 e. The summed E-state index contributed by atoms with van der Waals surface area (Å²) >= 11 is 0. The minimum absolute atomic E-state index is 0.910. The van der Waals surface area contributed by atoms with Crippen LogP contribution in [0.3, 0.4) is 0 Å². The van der Waals surface area contributed by atoms with Crippen LogP contribution in [0.1, 0.15) is 17.7 Å². The Labute approximate surface area is 65.2 Å². The highest BCUT2D eigenvalue weighted by Crippen LogP contribution is 2.31. The fourth-order valence-corrected chi connectivity index (χ4v) is 1.30. The van der Waals surface area contributed by atoms with Gasteiger partial charge in [-0.05, 0) is 17.6 Å². The fourth-order valence-electron chi connectivity index (χ4n) is 1.30. The van der Waals surface area contributed by atoms with E-state index in [-0.39, 0.29) is 0 Å². The second-order valence-electron chi connectivity index (χ2n) is 2.74. The molecule has 0 unspecified atom stereocenters. The Morgan fingerprint density at radius 2 is 2.18 bits per heavy atom. The summed E-state index contributed by atoms with van der Waals surface area (Å²) in [5.74, 6) is 0.947. The van der Waals surface area contributed by atoms with Crippen molar-refractivity contribution < 1.29 is 4.52 Å². The van der Waals surface area contributed by atoms with E-state index in [4.69, 9.17) is 4.52 Å². The maximum Gasteiger partial charge on any atom is 0.144 e. The van der Waals surface area contributed by atoms with Crippen molar-refractivity contribution in [2.45, 2.75) is 12.8 Å². The third-order valence-electron chi connectivity index (χ3n) is 2.05. The standard InChI is InChI=1S/C9H9NO/c1-6-3-4-9-8(7(6)2)5-10-11-9/h5H,1-4H2. The fraction of sp³-hybridized carbons (Fsp3) is 0.222. The monoisotopic (exact) mass is 147 g/mol. The zero-order valence-corrected chi connectivity index (χ0v) is 6.26. The van der Waals surface area contributed by atoms with Gasteiger partial charge in [-0.15, -0.1) is 0 Å². The zero-order chi connectivity index (χ0) is 7.84. The highest BCUT2D eigenvalue weighted by molar-refractivity contribution is 5.78. The van der Waals surface area contributed by atoms with Gasteiger partial charge in [0, 0.05) is 12.0 Å². The Bertz CT molecular complexity index is 322. The highest BCUT2D eigenvalue weighted by atomic mass is 16.5. The summed E-state index contributed by atoms with van der Waals surface area (Å²) in [6.45, 7) is 7.81. The lowest BCUT2D eigenvalue weighted by molar-refractivity contribution is 0.382. The Morgan fingerprint density at radius 1 is 1.36 bits per heavy atom. The minimum atomic E-state index is 0.910. The van der Waals surface area contributed by atoms with E-state index >= 15 is 0 Å².